The fourth-order valence-electron chi connectivity index (χ4n) is 3.03. The van der Waals surface area contributed by atoms with E-state index in [4.69, 9.17) is 9.47 Å². The number of sulfonamides is 1. The number of carbonyl (C=O) groups is 1. The summed E-state index contributed by atoms with van der Waals surface area (Å²) in [5.41, 5.74) is 1.31. The first-order chi connectivity index (χ1) is 15.2. The molecule has 3 aromatic rings. The van der Waals surface area contributed by atoms with Gasteiger partial charge in [0.2, 0.25) is 5.91 Å². The molecule has 3 rings (SSSR count). The molecule has 1 N–H and O–H groups in total. The van der Waals surface area contributed by atoms with E-state index in [1.807, 2.05) is 0 Å². The number of hydrogen-bond donors (Lipinski definition) is 1. The van der Waals surface area contributed by atoms with Crippen LogP contribution >= 0.6 is 0 Å². The number of halogens is 1. The molecule has 0 aliphatic heterocycles. The van der Waals surface area contributed by atoms with Crippen LogP contribution in [0.25, 0.3) is 0 Å². The fraction of sp³-hybridized carbons (Fsp3) is 0.174. The van der Waals surface area contributed by atoms with E-state index in [-0.39, 0.29) is 16.3 Å². The molecule has 0 heterocycles. The van der Waals surface area contributed by atoms with Crippen LogP contribution in [0.4, 0.5) is 15.8 Å². The molecule has 3 aromatic carbocycles. The lowest BCUT2D eigenvalue weighted by atomic mass is 10.2. The second-order valence-corrected chi connectivity index (χ2v) is 8.75. The van der Waals surface area contributed by atoms with E-state index in [0.717, 1.165) is 16.4 Å². The maximum atomic E-state index is 13.6. The van der Waals surface area contributed by atoms with Gasteiger partial charge in [0.25, 0.3) is 10.0 Å². The summed E-state index contributed by atoms with van der Waals surface area (Å²) in [6.07, 6.45) is 0. The topological polar surface area (TPSA) is 84.9 Å². The molecule has 0 aliphatic carbocycles. The molecular formula is C23H23FN2O5S. The lowest BCUT2D eigenvalue weighted by Crippen LogP contribution is -2.38. The zero-order valence-corrected chi connectivity index (χ0v) is 18.6. The Morgan fingerprint density at radius 1 is 0.969 bits per heavy atom. The van der Waals surface area contributed by atoms with Crippen LogP contribution in [0.5, 0.6) is 11.5 Å². The second-order valence-electron chi connectivity index (χ2n) is 6.92. The lowest BCUT2D eigenvalue weighted by Gasteiger charge is -2.25. The van der Waals surface area contributed by atoms with E-state index in [1.165, 1.54) is 32.4 Å². The summed E-state index contributed by atoms with van der Waals surface area (Å²) in [4.78, 5) is 12.7. The van der Waals surface area contributed by atoms with Crippen LogP contribution in [0.15, 0.2) is 71.6 Å². The Labute approximate surface area is 186 Å². The van der Waals surface area contributed by atoms with E-state index < -0.39 is 28.3 Å². The number of nitrogens with zero attached hydrogens (tertiary/aromatic N) is 1. The zero-order valence-electron chi connectivity index (χ0n) is 17.8. The van der Waals surface area contributed by atoms with E-state index in [9.17, 15) is 17.6 Å². The van der Waals surface area contributed by atoms with Gasteiger partial charge in [0.15, 0.2) is 0 Å². The van der Waals surface area contributed by atoms with Crippen molar-refractivity contribution in [1.29, 1.82) is 0 Å². The minimum atomic E-state index is -4.23. The van der Waals surface area contributed by atoms with E-state index >= 15 is 0 Å². The molecule has 0 aromatic heterocycles. The van der Waals surface area contributed by atoms with Crippen molar-refractivity contribution >= 4 is 27.3 Å². The summed E-state index contributed by atoms with van der Waals surface area (Å²) in [5.74, 6) is -0.347. The number of ether oxygens (including phenoxy) is 2. The molecule has 0 saturated carbocycles. The summed E-state index contributed by atoms with van der Waals surface area (Å²) in [7, 11) is -1.34. The highest BCUT2D eigenvalue weighted by atomic mass is 32.2. The number of nitrogens with one attached hydrogen (secondary N) is 1. The summed E-state index contributed by atoms with van der Waals surface area (Å²) in [6.45, 7) is 1.22. The predicted molar refractivity (Wildman–Crippen MR) is 120 cm³/mol. The van der Waals surface area contributed by atoms with Gasteiger partial charge in [0.05, 0.1) is 19.9 Å². The Kier molecular flexibility index (Phi) is 6.99. The number of benzene rings is 3. The normalized spacial score (nSPS) is 11.0. The summed E-state index contributed by atoms with van der Waals surface area (Å²) >= 11 is 0. The predicted octanol–water partition coefficient (Wildman–Crippen LogP) is 3.99. The highest BCUT2D eigenvalue weighted by Gasteiger charge is 2.30. The molecule has 0 unspecified atom stereocenters. The molecule has 32 heavy (non-hydrogen) atoms. The van der Waals surface area contributed by atoms with Crippen LogP contribution in [0.3, 0.4) is 0 Å². The molecular weight excluding hydrogens is 435 g/mol. The van der Waals surface area contributed by atoms with Crippen LogP contribution in [0.2, 0.25) is 0 Å². The summed E-state index contributed by atoms with van der Waals surface area (Å²) in [5, 5.41) is 2.66. The molecule has 0 atom stereocenters. The van der Waals surface area contributed by atoms with Crippen molar-refractivity contribution in [3.05, 3.63) is 78.1 Å². The second kappa shape index (κ2) is 9.69. The fourth-order valence-corrected chi connectivity index (χ4v) is 4.70. The lowest BCUT2D eigenvalue weighted by molar-refractivity contribution is -0.114. The molecule has 0 radical (unpaired) electrons. The van der Waals surface area contributed by atoms with Crippen LogP contribution in [-0.2, 0) is 14.8 Å². The zero-order chi connectivity index (χ0) is 23.3. The third kappa shape index (κ3) is 5.17. The molecule has 0 bridgehead atoms. The minimum absolute atomic E-state index is 0.0958. The standard InChI is InChI=1S/C23H23FN2O5S/c1-16-4-13-21(31-3)22(14-16)32(28,29)26(19-9-5-17(24)6-10-19)15-23(27)25-18-7-11-20(30-2)12-8-18/h4-14H,15H2,1-3H3,(H,25,27). The van der Waals surface area contributed by atoms with Gasteiger partial charge in [-0.05, 0) is 73.2 Å². The van der Waals surface area contributed by atoms with Gasteiger partial charge in [-0.1, -0.05) is 6.07 Å². The smallest absolute Gasteiger partial charge is 0.268 e. The maximum absolute atomic E-state index is 13.6. The van der Waals surface area contributed by atoms with E-state index in [2.05, 4.69) is 5.32 Å². The van der Waals surface area contributed by atoms with Gasteiger partial charge in [0, 0.05) is 5.69 Å². The first kappa shape index (κ1) is 23.1. The molecule has 0 fully saturated rings. The van der Waals surface area contributed by atoms with Gasteiger partial charge in [-0.3, -0.25) is 9.10 Å². The highest BCUT2D eigenvalue weighted by molar-refractivity contribution is 7.93. The molecule has 1 amide bonds. The third-order valence-corrected chi connectivity index (χ3v) is 6.46. The molecule has 7 nitrogen and oxygen atoms in total. The largest absolute Gasteiger partial charge is 0.497 e. The Bertz CT molecular complexity index is 1200. The number of carbonyl (C=O) groups excluding carboxylic acids is 1. The molecule has 0 aliphatic rings. The Balaban J connectivity index is 1.97. The Morgan fingerprint density at radius 3 is 2.22 bits per heavy atom. The van der Waals surface area contributed by atoms with Gasteiger partial charge in [-0.25, -0.2) is 12.8 Å². The number of anilines is 2. The number of aryl methyl sites for hydroxylation is 1. The summed E-state index contributed by atoms with van der Waals surface area (Å²) < 4.78 is 51.9. The van der Waals surface area contributed by atoms with Gasteiger partial charge >= 0.3 is 0 Å². The van der Waals surface area contributed by atoms with Crippen molar-refractivity contribution in [3.8, 4) is 11.5 Å². The van der Waals surface area contributed by atoms with Crippen LogP contribution in [-0.4, -0.2) is 35.1 Å². The van der Waals surface area contributed by atoms with Crippen LogP contribution < -0.4 is 19.1 Å². The van der Waals surface area contributed by atoms with E-state index in [1.54, 1.807) is 43.3 Å². The first-order valence-corrected chi connectivity index (χ1v) is 11.1. The average molecular weight is 459 g/mol. The monoisotopic (exact) mass is 458 g/mol. The van der Waals surface area contributed by atoms with Crippen LogP contribution in [0.1, 0.15) is 5.56 Å². The number of amides is 1. The number of methoxy groups -OCH3 is 2. The molecule has 9 heteroatoms. The molecule has 0 spiro atoms. The molecule has 168 valence electrons. The minimum Gasteiger partial charge on any atom is -0.497 e. The Hall–Kier alpha value is -3.59. The quantitative estimate of drug-likeness (QED) is 0.552. The van der Waals surface area contributed by atoms with Gasteiger partial charge in [0.1, 0.15) is 28.8 Å². The van der Waals surface area contributed by atoms with Crippen molar-refractivity contribution < 1.29 is 27.1 Å². The third-order valence-electron chi connectivity index (χ3n) is 4.66. The maximum Gasteiger partial charge on any atom is 0.268 e. The van der Waals surface area contributed by atoms with E-state index in [0.29, 0.717) is 17.0 Å². The van der Waals surface area contributed by atoms with Gasteiger partial charge in [-0.15, -0.1) is 0 Å². The van der Waals surface area contributed by atoms with Crippen LogP contribution in [0, 0.1) is 12.7 Å². The summed E-state index contributed by atoms with van der Waals surface area (Å²) in [6, 6.07) is 16.2. The average Bonchev–Trinajstić information content (AvgIpc) is 2.78. The number of rotatable bonds is 8. The van der Waals surface area contributed by atoms with Crippen molar-refractivity contribution in [2.45, 2.75) is 11.8 Å². The van der Waals surface area contributed by atoms with Crippen molar-refractivity contribution in [1.82, 2.24) is 0 Å². The van der Waals surface area contributed by atoms with Crippen molar-refractivity contribution in [3.63, 3.8) is 0 Å². The highest BCUT2D eigenvalue weighted by Crippen LogP contribution is 2.31. The van der Waals surface area contributed by atoms with Crippen molar-refractivity contribution in [2.75, 3.05) is 30.4 Å². The molecule has 0 saturated heterocycles. The van der Waals surface area contributed by atoms with Gasteiger partial charge < -0.3 is 14.8 Å². The SMILES string of the molecule is COc1ccc(NC(=O)CN(c2ccc(F)cc2)S(=O)(=O)c2cc(C)ccc2OC)cc1. The Morgan fingerprint density at radius 2 is 1.62 bits per heavy atom. The first-order valence-electron chi connectivity index (χ1n) is 9.61. The number of hydrogen-bond acceptors (Lipinski definition) is 5. The van der Waals surface area contributed by atoms with Gasteiger partial charge in [-0.2, -0.15) is 0 Å². The van der Waals surface area contributed by atoms with Crippen molar-refractivity contribution in [2.24, 2.45) is 0 Å².